The third-order valence-corrected chi connectivity index (χ3v) is 4.36. The van der Waals surface area contributed by atoms with Crippen LogP contribution < -0.4 is 28.5 Å². The number of nitrogens with one attached hydrogen (secondary N) is 1. The molecule has 1 fully saturated rings. The molecule has 0 radical (unpaired) electrons. The molecule has 0 amide bonds. The quantitative estimate of drug-likeness (QED) is 0.453. The smallest absolute Gasteiger partial charge is 0.744 e. The minimum Gasteiger partial charge on any atom is -0.744 e. The van der Waals surface area contributed by atoms with Crippen molar-refractivity contribution < 1.29 is 45.0 Å². The van der Waals surface area contributed by atoms with E-state index in [0.29, 0.717) is 26.3 Å². The Labute approximate surface area is 141 Å². The van der Waals surface area contributed by atoms with Crippen LogP contribution in [0.4, 0.5) is 11.4 Å². The van der Waals surface area contributed by atoms with Gasteiger partial charge in [0.1, 0.15) is 10.1 Å². The zero-order chi connectivity index (χ0) is 15.7. The Morgan fingerprint density at radius 1 is 1.18 bits per heavy atom. The van der Waals surface area contributed by atoms with Crippen molar-refractivity contribution in [2.45, 2.75) is 4.90 Å². The summed E-state index contributed by atoms with van der Waals surface area (Å²) in [5.41, 5.74) is 0.288. The van der Waals surface area contributed by atoms with Crippen molar-refractivity contribution in [2.75, 3.05) is 42.2 Å². The molecular formula is C11H15LiN2O6S2. The summed E-state index contributed by atoms with van der Waals surface area (Å²) < 4.78 is 64.0. The van der Waals surface area contributed by atoms with Crippen LogP contribution in [0.1, 0.15) is 0 Å². The standard InChI is InChI=1S/C11H16N2O6S2.Li/c1-20(14,15)12-9-2-3-10(11(8-9)21(16,17)18)13-4-6-19-7-5-13;/h2-3,8,12H,4-7H2,1H3,(H,16,17,18);/q;+1/p-1. The van der Waals surface area contributed by atoms with Crippen molar-refractivity contribution in [2.24, 2.45) is 0 Å². The van der Waals surface area contributed by atoms with E-state index in [9.17, 15) is 21.4 Å². The Bertz CT molecular complexity index is 729. The fourth-order valence-corrected chi connectivity index (χ4v) is 3.34. The summed E-state index contributed by atoms with van der Waals surface area (Å²) in [7, 11) is -8.29. The van der Waals surface area contributed by atoms with Crippen LogP contribution in [0.25, 0.3) is 0 Å². The van der Waals surface area contributed by atoms with Gasteiger partial charge >= 0.3 is 18.9 Å². The predicted octanol–water partition coefficient (Wildman–Crippen LogP) is -3.20. The summed E-state index contributed by atoms with van der Waals surface area (Å²) in [5, 5.41) is 0. The Balaban J connectivity index is 0.00000242. The Morgan fingerprint density at radius 2 is 1.77 bits per heavy atom. The van der Waals surface area contributed by atoms with Gasteiger partial charge in [-0.15, -0.1) is 0 Å². The number of benzene rings is 1. The zero-order valence-electron chi connectivity index (χ0n) is 12.3. The van der Waals surface area contributed by atoms with Gasteiger partial charge in [-0.2, -0.15) is 0 Å². The fraction of sp³-hybridized carbons (Fsp3) is 0.455. The summed E-state index contributed by atoms with van der Waals surface area (Å²) in [6.45, 7) is 1.78. The van der Waals surface area contributed by atoms with Crippen LogP contribution in [0.15, 0.2) is 23.1 Å². The number of sulfonamides is 1. The first-order chi connectivity index (χ1) is 9.67. The molecule has 1 aromatic carbocycles. The third-order valence-electron chi connectivity index (χ3n) is 2.88. The van der Waals surface area contributed by atoms with Gasteiger partial charge in [-0.25, -0.2) is 16.8 Å². The summed E-state index contributed by atoms with van der Waals surface area (Å²) in [6.07, 6.45) is 0.939. The van der Waals surface area contributed by atoms with Crippen molar-refractivity contribution in [1.29, 1.82) is 0 Å². The molecule has 1 saturated heterocycles. The maximum absolute atomic E-state index is 11.4. The molecule has 1 N–H and O–H groups in total. The largest absolute Gasteiger partial charge is 1.00 e. The van der Waals surface area contributed by atoms with E-state index >= 15 is 0 Å². The summed E-state index contributed by atoms with van der Waals surface area (Å²) in [5.74, 6) is 0. The molecule has 11 heteroatoms. The molecule has 0 saturated carbocycles. The van der Waals surface area contributed by atoms with Crippen LogP contribution in [0.5, 0.6) is 0 Å². The van der Waals surface area contributed by atoms with E-state index in [1.54, 1.807) is 4.90 Å². The normalized spacial score (nSPS) is 16.0. The number of hydrogen-bond acceptors (Lipinski definition) is 7. The average molecular weight is 342 g/mol. The molecule has 1 heterocycles. The van der Waals surface area contributed by atoms with Crippen LogP contribution >= 0.6 is 0 Å². The van der Waals surface area contributed by atoms with Crippen LogP contribution in [-0.2, 0) is 24.9 Å². The van der Waals surface area contributed by atoms with Crippen molar-refractivity contribution in [1.82, 2.24) is 0 Å². The molecule has 0 unspecified atom stereocenters. The minimum absolute atomic E-state index is 0. The van der Waals surface area contributed by atoms with Crippen LogP contribution in [0.3, 0.4) is 0 Å². The molecule has 0 spiro atoms. The van der Waals surface area contributed by atoms with E-state index in [4.69, 9.17) is 4.74 Å². The van der Waals surface area contributed by atoms with Crippen molar-refractivity contribution in [3.05, 3.63) is 18.2 Å². The topological polar surface area (TPSA) is 116 Å². The Kier molecular flexibility index (Phi) is 6.32. The van der Waals surface area contributed by atoms with Crippen molar-refractivity contribution in [3.8, 4) is 0 Å². The molecule has 118 valence electrons. The molecule has 1 aliphatic heterocycles. The Morgan fingerprint density at radius 3 is 2.27 bits per heavy atom. The number of ether oxygens (including phenoxy) is 1. The summed E-state index contributed by atoms with van der Waals surface area (Å²) in [6, 6.07) is 3.87. The van der Waals surface area contributed by atoms with Crippen LogP contribution in [-0.4, -0.2) is 53.9 Å². The van der Waals surface area contributed by atoms with E-state index in [0.717, 1.165) is 12.3 Å². The maximum atomic E-state index is 11.4. The van der Waals surface area contributed by atoms with Gasteiger partial charge < -0.3 is 14.2 Å². The number of morpholine rings is 1. The molecule has 2 rings (SSSR count). The number of anilines is 2. The van der Waals surface area contributed by atoms with E-state index in [1.807, 2.05) is 0 Å². The second-order valence-corrected chi connectivity index (χ2v) is 7.71. The molecule has 0 atom stereocenters. The number of nitrogens with zero attached hydrogens (tertiary/aromatic N) is 1. The van der Waals surface area contributed by atoms with E-state index in [2.05, 4.69) is 4.72 Å². The van der Waals surface area contributed by atoms with Gasteiger partial charge in [0.05, 0.1) is 30.1 Å². The van der Waals surface area contributed by atoms with Gasteiger partial charge in [0.15, 0.2) is 0 Å². The molecule has 0 aromatic heterocycles. The van der Waals surface area contributed by atoms with Gasteiger partial charge in [-0.1, -0.05) is 0 Å². The average Bonchev–Trinajstić information content (AvgIpc) is 2.37. The second-order valence-electron chi connectivity index (χ2n) is 4.61. The minimum atomic E-state index is -4.73. The van der Waals surface area contributed by atoms with Crippen molar-refractivity contribution in [3.63, 3.8) is 0 Å². The summed E-state index contributed by atoms with van der Waals surface area (Å²) in [4.78, 5) is 1.27. The monoisotopic (exact) mass is 342 g/mol. The van der Waals surface area contributed by atoms with Gasteiger partial charge in [-0.3, -0.25) is 4.72 Å². The van der Waals surface area contributed by atoms with E-state index in [-0.39, 0.29) is 30.2 Å². The first-order valence-electron chi connectivity index (χ1n) is 6.07. The van der Waals surface area contributed by atoms with Crippen molar-refractivity contribution >= 4 is 31.5 Å². The van der Waals surface area contributed by atoms with Gasteiger partial charge in [0.2, 0.25) is 10.0 Å². The number of rotatable bonds is 4. The molecular weight excluding hydrogens is 327 g/mol. The van der Waals surface area contributed by atoms with Gasteiger partial charge in [0, 0.05) is 18.8 Å². The number of hydrogen-bond donors (Lipinski definition) is 1. The molecule has 22 heavy (non-hydrogen) atoms. The SMILES string of the molecule is CS(=O)(=O)Nc1ccc(N2CCOCC2)c(S(=O)(=O)[O-])c1.[Li+]. The fourth-order valence-electron chi connectivity index (χ4n) is 2.06. The summed E-state index contributed by atoms with van der Waals surface area (Å²) >= 11 is 0. The molecule has 8 nitrogen and oxygen atoms in total. The molecule has 1 aliphatic rings. The Hall–Kier alpha value is -0.763. The van der Waals surface area contributed by atoms with Gasteiger partial charge in [-0.05, 0) is 18.2 Å². The first-order valence-corrected chi connectivity index (χ1v) is 9.37. The molecule has 0 aliphatic carbocycles. The zero-order valence-corrected chi connectivity index (χ0v) is 13.9. The van der Waals surface area contributed by atoms with E-state index in [1.165, 1.54) is 12.1 Å². The third kappa shape index (κ3) is 5.15. The maximum Gasteiger partial charge on any atom is 1.00 e. The van der Waals surface area contributed by atoms with Gasteiger partial charge in [0.25, 0.3) is 0 Å². The second kappa shape index (κ2) is 7.21. The first kappa shape index (κ1) is 19.3. The van der Waals surface area contributed by atoms with Crippen LogP contribution in [0, 0.1) is 0 Å². The van der Waals surface area contributed by atoms with E-state index < -0.39 is 25.0 Å². The molecule has 1 aromatic rings. The predicted molar refractivity (Wildman–Crippen MR) is 75.9 cm³/mol. The molecule has 0 bridgehead atoms. The van der Waals surface area contributed by atoms with Crippen LogP contribution in [0.2, 0.25) is 0 Å².